The maximum atomic E-state index is 4.70. The van der Waals surface area contributed by atoms with E-state index in [2.05, 4.69) is 10.6 Å². The summed E-state index contributed by atoms with van der Waals surface area (Å²) >= 11 is 18.8. The van der Waals surface area contributed by atoms with Gasteiger partial charge in [-0.15, -0.1) is 0 Å². The molecule has 0 atom stereocenters. The van der Waals surface area contributed by atoms with E-state index in [1.807, 2.05) is 60.7 Å². The molecule has 0 aliphatic carbocycles. The molecule has 0 radical (unpaired) electrons. The van der Waals surface area contributed by atoms with Gasteiger partial charge in [0.2, 0.25) is 0 Å². The summed E-state index contributed by atoms with van der Waals surface area (Å²) < 4.78 is 0.850. The summed E-state index contributed by atoms with van der Waals surface area (Å²) in [6.45, 7) is 1.45. The molecule has 0 bridgehead atoms. The van der Waals surface area contributed by atoms with Crippen molar-refractivity contribution in [2.45, 2.75) is 13.1 Å². The number of benzene rings is 2. The first-order chi connectivity index (χ1) is 10.6. The Morgan fingerprint density at radius 1 is 0.696 bits per heavy atom. The van der Waals surface area contributed by atoms with Gasteiger partial charge in [-0.2, -0.15) is 0 Å². The maximum Gasteiger partial charge on any atom is 2.00 e. The van der Waals surface area contributed by atoms with Crippen LogP contribution in [0, 0.1) is 0 Å². The van der Waals surface area contributed by atoms with Crippen LogP contribution in [0.3, 0.4) is 0 Å². The van der Waals surface area contributed by atoms with E-state index in [1.165, 1.54) is 11.1 Å². The standard InChI is InChI=1S/2C8H9NS2.Zn/c2*10-8(11)9-6-7-4-2-1-3-5-7;/h2*1-5H,6H2,(H2,9,10,11);/q;;+2/p-2. The minimum absolute atomic E-state index is 0. The predicted octanol–water partition coefficient (Wildman–Crippen LogP) is 3.21. The molecular formula is C16H16N2S4Zn. The van der Waals surface area contributed by atoms with Gasteiger partial charge in [0.1, 0.15) is 0 Å². The van der Waals surface area contributed by atoms with Gasteiger partial charge in [-0.3, -0.25) is 0 Å². The molecule has 0 aromatic heterocycles. The molecule has 0 unspecified atom stereocenters. The molecule has 0 amide bonds. The molecule has 0 heterocycles. The summed E-state index contributed by atoms with van der Waals surface area (Å²) in [4.78, 5) is 0. The number of rotatable bonds is 4. The predicted molar refractivity (Wildman–Crippen MR) is 106 cm³/mol. The van der Waals surface area contributed by atoms with Crippen molar-refractivity contribution >= 4 is 58.3 Å². The van der Waals surface area contributed by atoms with Gasteiger partial charge in [-0.25, -0.2) is 0 Å². The topological polar surface area (TPSA) is 24.1 Å². The largest absolute Gasteiger partial charge is 2.00 e. The molecule has 0 saturated heterocycles. The molecule has 0 saturated carbocycles. The van der Waals surface area contributed by atoms with Crippen molar-refractivity contribution in [1.29, 1.82) is 0 Å². The molecule has 2 N–H and O–H groups in total. The van der Waals surface area contributed by atoms with Gasteiger partial charge in [-0.1, -0.05) is 69.3 Å². The van der Waals surface area contributed by atoms with Crippen LogP contribution in [0.15, 0.2) is 60.7 Å². The quantitative estimate of drug-likeness (QED) is 0.440. The minimum Gasteiger partial charge on any atom is -0.412 e. The Morgan fingerprint density at radius 2 is 1.00 bits per heavy atom. The second kappa shape index (κ2) is 13.7. The van der Waals surface area contributed by atoms with Crippen molar-refractivity contribution in [2.24, 2.45) is 0 Å². The Hall–Kier alpha value is -0.717. The van der Waals surface area contributed by atoms with Gasteiger partial charge in [0.25, 0.3) is 0 Å². The molecule has 23 heavy (non-hydrogen) atoms. The van der Waals surface area contributed by atoms with E-state index >= 15 is 0 Å². The van der Waals surface area contributed by atoms with Gasteiger partial charge in [-0.05, 0) is 11.1 Å². The Morgan fingerprint density at radius 3 is 1.26 bits per heavy atom. The van der Waals surface area contributed by atoms with Crippen LogP contribution in [0.1, 0.15) is 11.1 Å². The zero-order valence-electron chi connectivity index (χ0n) is 12.5. The molecule has 2 aromatic rings. The van der Waals surface area contributed by atoms with Crippen LogP contribution in [-0.4, -0.2) is 8.64 Å². The van der Waals surface area contributed by atoms with E-state index in [4.69, 9.17) is 49.7 Å². The van der Waals surface area contributed by atoms with Crippen LogP contribution >= 0.6 is 24.4 Å². The minimum atomic E-state index is 0. The smallest absolute Gasteiger partial charge is 0.412 e. The molecule has 116 valence electrons. The van der Waals surface area contributed by atoms with Crippen LogP contribution in [0.2, 0.25) is 0 Å². The third-order valence-corrected chi connectivity index (χ3v) is 3.14. The third kappa shape index (κ3) is 12.4. The van der Waals surface area contributed by atoms with Gasteiger partial charge in [0.15, 0.2) is 0 Å². The Bertz CT molecular complexity index is 526. The molecule has 0 aliphatic rings. The first kappa shape index (κ1) is 22.3. The summed E-state index contributed by atoms with van der Waals surface area (Å²) in [6.07, 6.45) is 0. The molecule has 0 fully saturated rings. The fraction of sp³-hybridized carbons (Fsp3) is 0.125. The van der Waals surface area contributed by atoms with Crippen molar-refractivity contribution in [1.82, 2.24) is 10.6 Å². The zero-order valence-corrected chi connectivity index (χ0v) is 18.8. The van der Waals surface area contributed by atoms with Crippen molar-refractivity contribution < 1.29 is 19.5 Å². The number of nitrogens with one attached hydrogen (secondary N) is 2. The molecule has 2 rings (SSSR count). The Labute approximate surface area is 172 Å². The molecule has 2 nitrogen and oxygen atoms in total. The fourth-order valence-corrected chi connectivity index (χ4v) is 1.83. The summed E-state index contributed by atoms with van der Waals surface area (Å²) in [6, 6.07) is 20.0. The van der Waals surface area contributed by atoms with E-state index in [1.54, 1.807) is 0 Å². The third-order valence-electron chi connectivity index (χ3n) is 2.56. The fourth-order valence-electron chi connectivity index (χ4n) is 1.54. The van der Waals surface area contributed by atoms with Crippen LogP contribution in [0.4, 0.5) is 0 Å². The molecule has 7 heteroatoms. The average Bonchev–Trinajstić information content (AvgIpc) is 2.53. The number of hydrogen-bond acceptors (Lipinski definition) is 4. The molecule has 2 aromatic carbocycles. The molecular weight excluding hydrogens is 414 g/mol. The second-order valence-electron chi connectivity index (χ2n) is 4.25. The summed E-state index contributed by atoms with van der Waals surface area (Å²) in [5.74, 6) is 0. The van der Waals surface area contributed by atoms with Gasteiger partial charge in [0, 0.05) is 13.1 Å². The van der Waals surface area contributed by atoms with Crippen molar-refractivity contribution in [3.05, 3.63) is 71.8 Å². The molecule has 0 spiro atoms. The maximum absolute atomic E-state index is 4.70. The van der Waals surface area contributed by atoms with E-state index < -0.39 is 0 Å². The van der Waals surface area contributed by atoms with Crippen LogP contribution in [0.25, 0.3) is 0 Å². The SMILES string of the molecule is S=C([S-])NCc1ccccc1.S=C([S-])NCc1ccccc1.[Zn+2]. The summed E-state index contributed by atoms with van der Waals surface area (Å²) in [7, 11) is 0. The monoisotopic (exact) mass is 428 g/mol. The zero-order chi connectivity index (χ0) is 16.2. The van der Waals surface area contributed by atoms with Crippen LogP contribution in [0.5, 0.6) is 0 Å². The van der Waals surface area contributed by atoms with Gasteiger partial charge >= 0.3 is 19.5 Å². The first-order valence-corrected chi connectivity index (χ1v) is 8.19. The second-order valence-corrected chi connectivity index (χ2v) is 6.40. The Kier molecular flexibility index (Phi) is 13.3. The number of hydrogen-bond donors (Lipinski definition) is 2. The summed E-state index contributed by atoms with van der Waals surface area (Å²) in [5.41, 5.74) is 2.39. The number of thiocarbonyl (C=S) groups is 2. The van der Waals surface area contributed by atoms with E-state index in [9.17, 15) is 0 Å². The Balaban J connectivity index is 0.000000403. The van der Waals surface area contributed by atoms with Gasteiger partial charge < -0.3 is 60.3 Å². The van der Waals surface area contributed by atoms with Crippen LogP contribution in [-0.2, 0) is 57.8 Å². The van der Waals surface area contributed by atoms with Gasteiger partial charge in [0.05, 0.1) is 0 Å². The van der Waals surface area contributed by atoms with Crippen molar-refractivity contribution in [3.63, 3.8) is 0 Å². The average molecular weight is 430 g/mol. The van der Waals surface area contributed by atoms with E-state index in [0.717, 1.165) is 13.1 Å². The summed E-state index contributed by atoms with van der Waals surface area (Å²) in [5, 5.41) is 5.82. The van der Waals surface area contributed by atoms with E-state index in [0.29, 0.717) is 8.64 Å². The van der Waals surface area contributed by atoms with Crippen molar-refractivity contribution in [3.8, 4) is 0 Å². The van der Waals surface area contributed by atoms with Crippen LogP contribution < -0.4 is 10.6 Å². The first-order valence-electron chi connectivity index (χ1n) is 6.55. The van der Waals surface area contributed by atoms with Crippen molar-refractivity contribution in [2.75, 3.05) is 0 Å². The van der Waals surface area contributed by atoms with E-state index in [-0.39, 0.29) is 19.5 Å². The normalized spacial score (nSPS) is 8.70. The molecule has 0 aliphatic heterocycles.